The molecule has 0 aliphatic rings. The van der Waals surface area contributed by atoms with E-state index in [1.165, 1.54) is 5.56 Å². The van der Waals surface area contributed by atoms with Gasteiger partial charge in [0.2, 0.25) is 9.84 Å². The van der Waals surface area contributed by atoms with Crippen molar-refractivity contribution < 1.29 is 13.2 Å². The molecule has 1 aromatic heterocycles. The summed E-state index contributed by atoms with van der Waals surface area (Å²) in [6.07, 6.45) is 1.93. The molecule has 5 nitrogen and oxygen atoms in total. The van der Waals surface area contributed by atoms with Gasteiger partial charge in [-0.05, 0) is 67.3 Å². The van der Waals surface area contributed by atoms with Gasteiger partial charge in [0.05, 0.1) is 11.5 Å². The van der Waals surface area contributed by atoms with Crippen molar-refractivity contribution in [1.29, 1.82) is 0 Å². The molecule has 0 radical (unpaired) electrons. The fourth-order valence-corrected chi connectivity index (χ4v) is 5.97. The van der Waals surface area contributed by atoms with Crippen molar-refractivity contribution in [3.63, 3.8) is 0 Å². The summed E-state index contributed by atoms with van der Waals surface area (Å²) in [4.78, 5) is 5.72. The van der Waals surface area contributed by atoms with Gasteiger partial charge in [-0.25, -0.2) is 8.42 Å². The summed E-state index contributed by atoms with van der Waals surface area (Å²) in [5.74, 6) is 0.751. The molecule has 35 heavy (non-hydrogen) atoms. The van der Waals surface area contributed by atoms with Crippen molar-refractivity contribution >= 4 is 20.7 Å². The smallest absolute Gasteiger partial charge is 0.222 e. The molecule has 1 heterocycles. The fraction of sp³-hybridized carbons (Fsp3) is 0.310. The number of likely N-dealkylation sites (N-methyl/N-ethyl adjacent to an activating group) is 1. The minimum Gasteiger partial charge on any atom is -0.494 e. The highest BCUT2D eigenvalue weighted by atomic mass is 32.2. The average molecular weight is 491 g/mol. The van der Waals surface area contributed by atoms with Crippen molar-refractivity contribution in [3.05, 3.63) is 90.0 Å². The van der Waals surface area contributed by atoms with Gasteiger partial charge in [0.25, 0.3) is 0 Å². The Morgan fingerprint density at radius 2 is 1.57 bits per heavy atom. The van der Waals surface area contributed by atoms with E-state index in [2.05, 4.69) is 41.2 Å². The fourth-order valence-electron chi connectivity index (χ4n) is 4.36. The SMILES string of the molecule is CC(C)c1c(S(=O)(=O)c2ccc(OCCCN(C)CCc3ccccc3)cc2)[nH]c2ccccc12. The Labute approximate surface area is 208 Å². The molecule has 0 fully saturated rings. The summed E-state index contributed by atoms with van der Waals surface area (Å²) < 4.78 is 32.8. The first-order valence-electron chi connectivity index (χ1n) is 12.2. The Morgan fingerprint density at radius 3 is 2.29 bits per heavy atom. The number of rotatable bonds is 11. The lowest BCUT2D eigenvalue weighted by Gasteiger charge is -2.16. The van der Waals surface area contributed by atoms with Gasteiger partial charge in [-0.1, -0.05) is 62.4 Å². The highest BCUT2D eigenvalue weighted by Crippen LogP contribution is 2.35. The first-order chi connectivity index (χ1) is 16.9. The van der Waals surface area contributed by atoms with E-state index in [1.54, 1.807) is 24.3 Å². The van der Waals surface area contributed by atoms with Crippen LogP contribution >= 0.6 is 0 Å². The van der Waals surface area contributed by atoms with Gasteiger partial charge in [-0.2, -0.15) is 0 Å². The zero-order chi connectivity index (χ0) is 24.8. The van der Waals surface area contributed by atoms with Crippen LogP contribution in [0.5, 0.6) is 5.75 Å². The van der Waals surface area contributed by atoms with Crippen LogP contribution in [0, 0.1) is 0 Å². The summed E-state index contributed by atoms with van der Waals surface area (Å²) >= 11 is 0. The summed E-state index contributed by atoms with van der Waals surface area (Å²) in [5.41, 5.74) is 3.01. The minimum absolute atomic E-state index is 0.0735. The van der Waals surface area contributed by atoms with Crippen LogP contribution in [0.4, 0.5) is 0 Å². The van der Waals surface area contributed by atoms with E-state index in [0.29, 0.717) is 12.4 Å². The Kier molecular flexibility index (Phi) is 7.93. The van der Waals surface area contributed by atoms with Crippen LogP contribution in [-0.2, 0) is 16.3 Å². The van der Waals surface area contributed by atoms with Crippen molar-refractivity contribution in [2.45, 2.75) is 42.5 Å². The van der Waals surface area contributed by atoms with Gasteiger partial charge in [-0.15, -0.1) is 0 Å². The number of hydrogen-bond donors (Lipinski definition) is 1. The molecule has 3 aromatic carbocycles. The number of sulfone groups is 1. The molecule has 0 spiro atoms. The van der Waals surface area contributed by atoms with E-state index in [4.69, 9.17) is 4.74 Å². The summed E-state index contributed by atoms with van der Waals surface area (Å²) in [7, 11) is -1.55. The number of nitrogens with zero attached hydrogens (tertiary/aromatic N) is 1. The number of fused-ring (bicyclic) bond motifs is 1. The van der Waals surface area contributed by atoms with Crippen LogP contribution in [0.15, 0.2) is 88.8 Å². The first-order valence-corrected chi connectivity index (χ1v) is 13.7. The maximum atomic E-state index is 13.5. The highest BCUT2D eigenvalue weighted by molar-refractivity contribution is 7.91. The minimum atomic E-state index is -3.68. The van der Waals surface area contributed by atoms with Gasteiger partial charge in [0.1, 0.15) is 10.8 Å². The van der Waals surface area contributed by atoms with E-state index in [9.17, 15) is 8.42 Å². The molecule has 0 aliphatic carbocycles. The molecule has 0 amide bonds. The third kappa shape index (κ3) is 5.95. The Morgan fingerprint density at radius 1 is 0.886 bits per heavy atom. The van der Waals surface area contributed by atoms with Gasteiger partial charge >= 0.3 is 0 Å². The molecule has 0 unspecified atom stereocenters. The standard InChI is InChI=1S/C29H34N2O3S/c1-22(2)28-26-12-7-8-13-27(26)30-29(28)35(32,33)25-16-14-24(15-17-25)34-21-9-19-31(3)20-18-23-10-5-4-6-11-23/h4-8,10-17,22,30H,9,18-21H2,1-3H3. The third-order valence-corrected chi connectivity index (χ3v) is 8.02. The second kappa shape index (κ2) is 11.1. The van der Waals surface area contributed by atoms with Gasteiger partial charge < -0.3 is 14.6 Å². The summed E-state index contributed by atoms with van der Waals surface area (Å²) in [6, 6.07) is 25.0. The lowest BCUT2D eigenvalue weighted by atomic mass is 10.0. The number of nitrogens with one attached hydrogen (secondary N) is 1. The predicted molar refractivity (Wildman–Crippen MR) is 142 cm³/mol. The van der Waals surface area contributed by atoms with Crippen LogP contribution in [0.25, 0.3) is 10.9 Å². The molecule has 4 rings (SSSR count). The quantitative estimate of drug-likeness (QED) is 0.259. The Hall–Kier alpha value is -3.09. The molecule has 0 saturated heterocycles. The van der Waals surface area contributed by atoms with Crippen LogP contribution in [-0.4, -0.2) is 45.0 Å². The van der Waals surface area contributed by atoms with Crippen molar-refractivity contribution in [2.75, 3.05) is 26.7 Å². The summed E-state index contributed by atoms with van der Waals surface area (Å²) in [6.45, 7) is 6.57. The zero-order valence-electron chi connectivity index (χ0n) is 20.7. The predicted octanol–water partition coefficient (Wildman–Crippen LogP) is 6.07. The average Bonchev–Trinajstić information content (AvgIpc) is 3.27. The number of aromatic amines is 1. The number of aromatic nitrogens is 1. The van der Waals surface area contributed by atoms with E-state index >= 15 is 0 Å². The lowest BCUT2D eigenvalue weighted by molar-refractivity contribution is 0.264. The molecule has 0 aliphatic heterocycles. The highest BCUT2D eigenvalue weighted by Gasteiger charge is 2.26. The summed E-state index contributed by atoms with van der Waals surface area (Å²) in [5, 5.41) is 1.23. The first kappa shape index (κ1) is 25.0. The maximum Gasteiger partial charge on any atom is 0.222 e. The van der Waals surface area contributed by atoms with Crippen molar-refractivity contribution in [1.82, 2.24) is 9.88 Å². The van der Waals surface area contributed by atoms with E-state index < -0.39 is 9.84 Å². The van der Waals surface area contributed by atoms with Crippen molar-refractivity contribution in [3.8, 4) is 5.75 Å². The number of hydrogen-bond acceptors (Lipinski definition) is 4. The zero-order valence-corrected chi connectivity index (χ0v) is 21.5. The molecule has 1 N–H and O–H groups in total. The molecule has 6 heteroatoms. The molecule has 0 atom stereocenters. The van der Waals surface area contributed by atoms with Crippen LogP contribution in [0.3, 0.4) is 0 Å². The van der Waals surface area contributed by atoms with Crippen molar-refractivity contribution in [2.24, 2.45) is 0 Å². The lowest BCUT2D eigenvalue weighted by Crippen LogP contribution is -2.23. The normalized spacial score (nSPS) is 12.0. The largest absolute Gasteiger partial charge is 0.494 e. The third-order valence-electron chi connectivity index (χ3n) is 6.27. The second-order valence-corrected chi connectivity index (χ2v) is 11.2. The van der Waals surface area contributed by atoms with Gasteiger partial charge in [-0.3, -0.25) is 0 Å². The van der Waals surface area contributed by atoms with Crippen LogP contribution in [0.2, 0.25) is 0 Å². The van der Waals surface area contributed by atoms with Crippen LogP contribution < -0.4 is 4.74 Å². The Balaban J connectivity index is 1.34. The molecular weight excluding hydrogens is 456 g/mol. The molecular formula is C29H34N2O3S. The number of H-pyrrole nitrogens is 1. The molecule has 0 bridgehead atoms. The number of benzene rings is 3. The molecule has 4 aromatic rings. The number of ether oxygens (including phenoxy) is 1. The van der Waals surface area contributed by atoms with E-state index in [0.717, 1.165) is 42.4 Å². The monoisotopic (exact) mass is 490 g/mol. The van der Waals surface area contributed by atoms with Crippen LogP contribution in [0.1, 0.15) is 37.3 Å². The van der Waals surface area contributed by atoms with Gasteiger partial charge in [0, 0.05) is 24.0 Å². The Bertz CT molecular complexity index is 1340. The molecule has 0 saturated carbocycles. The topological polar surface area (TPSA) is 62.4 Å². The van der Waals surface area contributed by atoms with E-state index in [-0.39, 0.29) is 15.8 Å². The van der Waals surface area contributed by atoms with Gasteiger partial charge in [0.15, 0.2) is 0 Å². The maximum absolute atomic E-state index is 13.5. The number of para-hydroxylation sites is 1. The second-order valence-electron chi connectivity index (χ2n) is 9.28. The molecule has 184 valence electrons. The van der Waals surface area contributed by atoms with E-state index in [1.807, 2.05) is 44.2 Å².